The van der Waals surface area contributed by atoms with Crippen molar-refractivity contribution in [3.63, 3.8) is 0 Å². The second-order valence-corrected chi connectivity index (χ2v) is 5.91. The Labute approximate surface area is 130 Å². The first kappa shape index (κ1) is 14.0. The standard InChI is InChI=1S/C16H11ClO3S/c17-13-3-1-2-4-15(13)21-9-10-7-16(19)20-14-8-11(18)5-6-12(10)14/h1-8,18H,9H2. The number of rotatable bonds is 3. The molecule has 0 atom stereocenters. The van der Waals surface area contributed by atoms with Crippen molar-refractivity contribution in [1.29, 1.82) is 0 Å². The topological polar surface area (TPSA) is 50.4 Å². The van der Waals surface area contributed by atoms with Crippen LogP contribution in [0.15, 0.2) is 62.6 Å². The second-order valence-electron chi connectivity index (χ2n) is 4.49. The van der Waals surface area contributed by atoms with Gasteiger partial charge < -0.3 is 9.52 Å². The van der Waals surface area contributed by atoms with E-state index in [0.717, 1.165) is 15.8 Å². The molecule has 3 aromatic rings. The highest BCUT2D eigenvalue weighted by atomic mass is 35.5. The van der Waals surface area contributed by atoms with E-state index in [2.05, 4.69) is 0 Å². The maximum absolute atomic E-state index is 11.6. The lowest BCUT2D eigenvalue weighted by atomic mass is 10.1. The monoisotopic (exact) mass is 318 g/mol. The Bertz CT molecular complexity index is 858. The first-order valence-corrected chi connectivity index (χ1v) is 7.63. The van der Waals surface area contributed by atoms with Gasteiger partial charge in [0.15, 0.2) is 0 Å². The van der Waals surface area contributed by atoms with E-state index in [9.17, 15) is 9.90 Å². The van der Waals surface area contributed by atoms with Crippen molar-refractivity contribution in [2.75, 3.05) is 0 Å². The van der Waals surface area contributed by atoms with Crippen molar-refractivity contribution >= 4 is 34.3 Å². The van der Waals surface area contributed by atoms with E-state index >= 15 is 0 Å². The SMILES string of the molecule is O=c1cc(CSc2ccccc2Cl)c2ccc(O)cc2o1. The van der Waals surface area contributed by atoms with Crippen LogP contribution in [-0.4, -0.2) is 5.11 Å². The molecule has 1 heterocycles. The predicted molar refractivity (Wildman–Crippen MR) is 85.2 cm³/mol. The normalized spacial score (nSPS) is 10.9. The van der Waals surface area contributed by atoms with Crippen LogP contribution in [0.25, 0.3) is 11.0 Å². The number of phenols is 1. The van der Waals surface area contributed by atoms with Gasteiger partial charge in [-0.2, -0.15) is 0 Å². The van der Waals surface area contributed by atoms with Gasteiger partial charge in [-0.15, -0.1) is 11.8 Å². The van der Waals surface area contributed by atoms with Crippen molar-refractivity contribution in [3.8, 4) is 5.75 Å². The lowest BCUT2D eigenvalue weighted by Gasteiger charge is -2.07. The van der Waals surface area contributed by atoms with Crippen LogP contribution in [0.5, 0.6) is 5.75 Å². The van der Waals surface area contributed by atoms with Crippen LogP contribution in [0.4, 0.5) is 0 Å². The Hall–Kier alpha value is -1.91. The maximum Gasteiger partial charge on any atom is 0.336 e. The first-order chi connectivity index (χ1) is 10.1. The van der Waals surface area contributed by atoms with Crippen molar-refractivity contribution in [2.45, 2.75) is 10.6 Å². The molecule has 3 nitrogen and oxygen atoms in total. The predicted octanol–water partition coefficient (Wildman–Crippen LogP) is 4.44. The van der Waals surface area contributed by atoms with Crippen molar-refractivity contribution < 1.29 is 9.52 Å². The van der Waals surface area contributed by atoms with Crippen molar-refractivity contribution in [1.82, 2.24) is 0 Å². The second kappa shape index (κ2) is 5.84. The lowest BCUT2D eigenvalue weighted by Crippen LogP contribution is -1.99. The smallest absolute Gasteiger partial charge is 0.336 e. The molecule has 0 bridgehead atoms. The maximum atomic E-state index is 11.6. The van der Waals surface area contributed by atoms with Crippen LogP contribution >= 0.6 is 23.4 Å². The molecular formula is C16H11ClO3S. The number of hydrogen-bond acceptors (Lipinski definition) is 4. The largest absolute Gasteiger partial charge is 0.508 e. The minimum atomic E-state index is -0.428. The van der Waals surface area contributed by atoms with E-state index in [1.165, 1.54) is 12.1 Å². The van der Waals surface area contributed by atoms with E-state index in [4.69, 9.17) is 16.0 Å². The molecule has 0 aliphatic carbocycles. The Morgan fingerprint density at radius 2 is 1.95 bits per heavy atom. The molecule has 0 amide bonds. The van der Waals surface area contributed by atoms with E-state index in [1.54, 1.807) is 23.9 Å². The summed E-state index contributed by atoms with van der Waals surface area (Å²) in [6.07, 6.45) is 0. The van der Waals surface area contributed by atoms with Crippen LogP contribution in [0.2, 0.25) is 5.02 Å². The Morgan fingerprint density at radius 1 is 1.14 bits per heavy atom. The number of halogens is 1. The summed E-state index contributed by atoms with van der Waals surface area (Å²) in [6, 6.07) is 13.8. The molecule has 0 saturated carbocycles. The molecule has 0 spiro atoms. The zero-order chi connectivity index (χ0) is 14.8. The number of hydrogen-bond donors (Lipinski definition) is 1. The molecule has 0 saturated heterocycles. The fourth-order valence-corrected chi connectivity index (χ4v) is 3.29. The molecule has 1 aromatic heterocycles. The van der Waals surface area contributed by atoms with Crippen LogP contribution in [-0.2, 0) is 5.75 Å². The molecule has 1 N–H and O–H groups in total. The van der Waals surface area contributed by atoms with Gasteiger partial charge in [-0.05, 0) is 29.8 Å². The zero-order valence-electron chi connectivity index (χ0n) is 10.9. The lowest BCUT2D eigenvalue weighted by molar-refractivity contribution is 0.473. The fourth-order valence-electron chi connectivity index (χ4n) is 2.06. The number of phenolic OH excluding ortho intramolecular Hbond substituents is 1. The van der Waals surface area contributed by atoms with Crippen LogP contribution in [0.3, 0.4) is 0 Å². The number of thioether (sulfide) groups is 1. The molecule has 0 aliphatic rings. The molecule has 0 radical (unpaired) electrons. The molecule has 2 aromatic carbocycles. The highest BCUT2D eigenvalue weighted by Crippen LogP contribution is 2.31. The zero-order valence-corrected chi connectivity index (χ0v) is 12.4. The summed E-state index contributed by atoms with van der Waals surface area (Å²) in [5, 5.41) is 11.0. The van der Waals surface area contributed by atoms with Gasteiger partial charge in [-0.3, -0.25) is 0 Å². The fraction of sp³-hybridized carbons (Fsp3) is 0.0625. The molecule has 3 rings (SSSR count). The number of aromatic hydroxyl groups is 1. The average Bonchev–Trinajstić information content (AvgIpc) is 2.45. The summed E-state index contributed by atoms with van der Waals surface area (Å²) >= 11 is 7.68. The van der Waals surface area contributed by atoms with E-state index in [0.29, 0.717) is 16.4 Å². The van der Waals surface area contributed by atoms with E-state index in [1.807, 2.05) is 24.3 Å². The third-order valence-corrected chi connectivity index (χ3v) is 4.60. The van der Waals surface area contributed by atoms with Crippen LogP contribution < -0.4 is 5.63 Å². The average molecular weight is 319 g/mol. The Kier molecular flexibility index (Phi) is 3.90. The van der Waals surface area contributed by atoms with Crippen LogP contribution in [0.1, 0.15) is 5.56 Å². The summed E-state index contributed by atoms with van der Waals surface area (Å²) in [7, 11) is 0. The van der Waals surface area contributed by atoms with Gasteiger partial charge >= 0.3 is 5.63 Å². The third kappa shape index (κ3) is 3.06. The number of fused-ring (bicyclic) bond motifs is 1. The van der Waals surface area contributed by atoms with Gasteiger partial charge in [0, 0.05) is 28.2 Å². The molecule has 21 heavy (non-hydrogen) atoms. The summed E-state index contributed by atoms with van der Waals surface area (Å²) in [6.45, 7) is 0. The van der Waals surface area contributed by atoms with Gasteiger partial charge in [0.25, 0.3) is 0 Å². The summed E-state index contributed by atoms with van der Waals surface area (Å²) in [5.41, 5.74) is 0.811. The highest BCUT2D eigenvalue weighted by molar-refractivity contribution is 7.98. The first-order valence-electron chi connectivity index (χ1n) is 6.26. The quantitative estimate of drug-likeness (QED) is 0.573. The van der Waals surface area contributed by atoms with E-state index < -0.39 is 5.63 Å². The van der Waals surface area contributed by atoms with Gasteiger partial charge in [-0.25, -0.2) is 4.79 Å². The van der Waals surface area contributed by atoms with E-state index in [-0.39, 0.29) is 5.75 Å². The van der Waals surface area contributed by atoms with Crippen molar-refractivity contribution in [2.24, 2.45) is 0 Å². The number of benzene rings is 2. The molecule has 5 heteroatoms. The Balaban J connectivity index is 1.97. The molecule has 106 valence electrons. The third-order valence-electron chi connectivity index (χ3n) is 3.03. The summed E-state index contributed by atoms with van der Waals surface area (Å²) < 4.78 is 5.11. The summed E-state index contributed by atoms with van der Waals surface area (Å²) in [5.74, 6) is 0.665. The van der Waals surface area contributed by atoms with Gasteiger partial charge in [0.05, 0.1) is 5.02 Å². The van der Waals surface area contributed by atoms with Gasteiger partial charge in [-0.1, -0.05) is 23.7 Å². The summed E-state index contributed by atoms with van der Waals surface area (Å²) in [4.78, 5) is 12.6. The minimum absolute atomic E-state index is 0.0709. The molecule has 0 fully saturated rings. The minimum Gasteiger partial charge on any atom is -0.508 e. The van der Waals surface area contributed by atoms with Crippen LogP contribution in [0, 0.1) is 0 Å². The molecule has 0 unspecified atom stereocenters. The highest BCUT2D eigenvalue weighted by Gasteiger charge is 2.08. The van der Waals surface area contributed by atoms with Gasteiger partial charge in [0.2, 0.25) is 0 Å². The van der Waals surface area contributed by atoms with Crippen molar-refractivity contribution in [3.05, 3.63) is 69.5 Å². The Morgan fingerprint density at radius 3 is 2.76 bits per heavy atom. The molecular weight excluding hydrogens is 308 g/mol. The van der Waals surface area contributed by atoms with Gasteiger partial charge in [0.1, 0.15) is 11.3 Å². The molecule has 0 aliphatic heterocycles.